The van der Waals surface area contributed by atoms with Crippen LogP contribution in [-0.2, 0) is 4.79 Å². The number of hydrogen-bond acceptors (Lipinski definition) is 5. The first kappa shape index (κ1) is 18.4. The molecule has 0 bridgehead atoms. The Morgan fingerprint density at radius 2 is 1.48 bits per heavy atom. The van der Waals surface area contributed by atoms with Gasteiger partial charge in [-0.2, -0.15) is 9.97 Å². The highest BCUT2D eigenvalue weighted by atomic mass is 16.7. The summed E-state index contributed by atoms with van der Waals surface area (Å²) in [4.78, 5) is 20.3. The highest BCUT2D eigenvalue weighted by Crippen LogP contribution is 2.28. The van der Waals surface area contributed by atoms with E-state index >= 15 is 0 Å². The van der Waals surface area contributed by atoms with Crippen molar-refractivity contribution in [2.24, 2.45) is 0 Å². The predicted octanol–water partition coefficient (Wildman–Crippen LogP) is 4.56. The van der Waals surface area contributed by atoms with Crippen LogP contribution in [0.5, 0.6) is 11.8 Å². The molecule has 0 spiro atoms. The third-order valence-corrected chi connectivity index (χ3v) is 4.22. The van der Waals surface area contributed by atoms with E-state index in [0.29, 0.717) is 17.0 Å². The maximum Gasteiger partial charge on any atom is 0.320 e. The molecular formula is C23H18N2O4. The molecule has 0 aliphatic heterocycles. The first-order valence-electron chi connectivity index (χ1n) is 9.11. The lowest BCUT2D eigenvalue weighted by Gasteiger charge is -2.18. The largest absolute Gasteiger partial charge is 0.481 e. The summed E-state index contributed by atoms with van der Waals surface area (Å²) in [6.45, 7) is 0. The van der Waals surface area contributed by atoms with E-state index in [1.54, 1.807) is 24.3 Å². The molecule has 1 atom stereocenters. The van der Waals surface area contributed by atoms with Gasteiger partial charge in [-0.15, -0.1) is 0 Å². The fraction of sp³-hybridized carbons (Fsp3) is 0.0870. The van der Waals surface area contributed by atoms with Crippen LogP contribution in [0.3, 0.4) is 0 Å². The summed E-state index contributed by atoms with van der Waals surface area (Å²) in [6.07, 6.45) is -1.43. The lowest BCUT2D eigenvalue weighted by Crippen LogP contribution is -2.28. The van der Waals surface area contributed by atoms with Gasteiger partial charge in [0.25, 0.3) is 6.29 Å². The minimum atomic E-state index is -1.07. The third-order valence-electron chi connectivity index (χ3n) is 4.22. The second-order valence-corrected chi connectivity index (χ2v) is 6.31. The van der Waals surface area contributed by atoms with E-state index in [9.17, 15) is 9.90 Å². The van der Waals surface area contributed by atoms with Crippen LogP contribution in [0.4, 0.5) is 0 Å². The molecule has 1 N–H and O–H groups in total. The monoisotopic (exact) mass is 386 g/mol. The summed E-state index contributed by atoms with van der Waals surface area (Å²) < 4.78 is 11.5. The molecule has 1 aromatic heterocycles. The molecule has 0 saturated carbocycles. The van der Waals surface area contributed by atoms with Gasteiger partial charge in [0, 0.05) is 10.9 Å². The second-order valence-electron chi connectivity index (χ2n) is 6.31. The lowest BCUT2D eigenvalue weighted by molar-refractivity contribution is -0.142. The van der Waals surface area contributed by atoms with Crippen molar-refractivity contribution in [2.45, 2.75) is 12.7 Å². The number of rotatable bonds is 7. The van der Waals surface area contributed by atoms with Gasteiger partial charge in [-0.05, 0) is 18.2 Å². The van der Waals surface area contributed by atoms with Crippen LogP contribution in [0.25, 0.3) is 22.2 Å². The van der Waals surface area contributed by atoms with Crippen molar-refractivity contribution < 1.29 is 19.4 Å². The molecule has 0 aliphatic rings. The van der Waals surface area contributed by atoms with E-state index in [4.69, 9.17) is 9.47 Å². The minimum absolute atomic E-state index is 0.0599. The van der Waals surface area contributed by atoms with Crippen LogP contribution in [-0.4, -0.2) is 27.3 Å². The molecule has 1 heterocycles. The van der Waals surface area contributed by atoms with Gasteiger partial charge in [0.1, 0.15) is 12.2 Å². The van der Waals surface area contributed by atoms with Gasteiger partial charge >= 0.3 is 12.0 Å². The zero-order chi connectivity index (χ0) is 20.1. The number of ether oxygens (including phenoxy) is 2. The predicted molar refractivity (Wildman–Crippen MR) is 109 cm³/mol. The molecule has 3 aromatic carbocycles. The number of fused-ring (bicyclic) bond motifs is 1. The number of nitrogens with zero attached hydrogens (tertiary/aromatic N) is 2. The Bertz CT molecular complexity index is 1120. The van der Waals surface area contributed by atoms with Gasteiger partial charge in [0.15, 0.2) is 0 Å². The van der Waals surface area contributed by atoms with E-state index in [1.807, 2.05) is 60.7 Å². The minimum Gasteiger partial charge on any atom is -0.481 e. The summed E-state index contributed by atoms with van der Waals surface area (Å²) in [5.74, 6) is -0.544. The van der Waals surface area contributed by atoms with Crippen molar-refractivity contribution in [3.05, 3.63) is 84.9 Å². The van der Waals surface area contributed by atoms with E-state index in [0.717, 1.165) is 10.9 Å². The molecule has 4 aromatic rings. The molecule has 0 fully saturated rings. The average Bonchev–Trinajstić information content (AvgIpc) is 2.74. The number of aliphatic carboxylic acids is 1. The van der Waals surface area contributed by atoms with E-state index in [-0.39, 0.29) is 12.4 Å². The molecular weight excluding hydrogens is 368 g/mol. The number of carbonyl (C=O) groups is 1. The molecule has 0 amide bonds. The number of benzene rings is 3. The smallest absolute Gasteiger partial charge is 0.320 e. The molecule has 29 heavy (non-hydrogen) atoms. The van der Waals surface area contributed by atoms with Crippen LogP contribution in [0.2, 0.25) is 0 Å². The van der Waals surface area contributed by atoms with Crippen LogP contribution in [0.15, 0.2) is 84.9 Å². The number of carboxylic acid groups (broad SMARTS) is 1. The van der Waals surface area contributed by atoms with Crippen molar-refractivity contribution in [2.75, 3.05) is 0 Å². The SMILES string of the molecule is O=C(O)CC(Oc1ccccc1)Oc1nc(-c2ccccc2)c2ccccc2n1. The lowest BCUT2D eigenvalue weighted by atomic mass is 10.1. The summed E-state index contributed by atoms with van der Waals surface area (Å²) in [7, 11) is 0. The fourth-order valence-electron chi connectivity index (χ4n) is 2.94. The number of para-hydroxylation sites is 2. The molecule has 0 radical (unpaired) electrons. The highest BCUT2D eigenvalue weighted by Gasteiger charge is 2.20. The van der Waals surface area contributed by atoms with Gasteiger partial charge in [-0.1, -0.05) is 66.7 Å². The zero-order valence-corrected chi connectivity index (χ0v) is 15.4. The maximum absolute atomic E-state index is 11.3. The highest BCUT2D eigenvalue weighted by molar-refractivity contribution is 5.92. The van der Waals surface area contributed by atoms with Gasteiger partial charge in [-0.25, -0.2) is 0 Å². The normalized spacial score (nSPS) is 11.7. The Morgan fingerprint density at radius 1 is 0.828 bits per heavy atom. The topological polar surface area (TPSA) is 81.5 Å². The summed E-state index contributed by atoms with van der Waals surface area (Å²) in [6, 6.07) is 26.3. The Morgan fingerprint density at radius 3 is 2.21 bits per heavy atom. The molecule has 0 saturated heterocycles. The molecule has 6 nitrogen and oxygen atoms in total. The zero-order valence-electron chi connectivity index (χ0n) is 15.4. The van der Waals surface area contributed by atoms with Crippen molar-refractivity contribution >= 4 is 16.9 Å². The molecule has 6 heteroatoms. The van der Waals surface area contributed by atoms with Crippen LogP contribution >= 0.6 is 0 Å². The Balaban J connectivity index is 1.71. The molecule has 144 valence electrons. The Labute approximate surface area is 167 Å². The van der Waals surface area contributed by atoms with Crippen molar-refractivity contribution in [3.63, 3.8) is 0 Å². The van der Waals surface area contributed by atoms with Crippen LogP contribution in [0, 0.1) is 0 Å². The van der Waals surface area contributed by atoms with Crippen molar-refractivity contribution in [1.29, 1.82) is 0 Å². The van der Waals surface area contributed by atoms with Gasteiger partial charge in [-0.3, -0.25) is 4.79 Å². The maximum atomic E-state index is 11.3. The Kier molecular flexibility index (Phi) is 5.33. The number of aromatic nitrogens is 2. The van der Waals surface area contributed by atoms with Crippen LogP contribution < -0.4 is 9.47 Å². The standard InChI is InChI=1S/C23H18N2O4/c26-20(27)15-21(28-17-11-5-2-6-12-17)29-23-24-19-14-8-7-13-18(19)22(25-23)16-9-3-1-4-10-16/h1-14,21H,15H2,(H,26,27). The van der Waals surface area contributed by atoms with Crippen LogP contribution in [0.1, 0.15) is 6.42 Å². The summed E-state index contributed by atoms with van der Waals surface area (Å²) in [5, 5.41) is 10.1. The fourth-order valence-corrected chi connectivity index (χ4v) is 2.94. The quantitative estimate of drug-likeness (QED) is 0.469. The molecule has 1 unspecified atom stereocenters. The van der Waals surface area contributed by atoms with E-state index < -0.39 is 12.3 Å². The van der Waals surface area contributed by atoms with E-state index in [1.165, 1.54) is 0 Å². The van der Waals surface area contributed by atoms with Crippen molar-refractivity contribution in [1.82, 2.24) is 9.97 Å². The number of carboxylic acids is 1. The second kappa shape index (κ2) is 8.39. The van der Waals surface area contributed by atoms with E-state index in [2.05, 4.69) is 9.97 Å². The molecule has 4 rings (SSSR count). The summed E-state index contributed by atoms with van der Waals surface area (Å²) in [5.41, 5.74) is 2.32. The Hall–Kier alpha value is -3.93. The van der Waals surface area contributed by atoms with Gasteiger partial charge in [0.2, 0.25) is 0 Å². The van der Waals surface area contributed by atoms with Gasteiger partial charge in [0.05, 0.1) is 11.2 Å². The average molecular weight is 386 g/mol. The first-order valence-corrected chi connectivity index (χ1v) is 9.11. The summed E-state index contributed by atoms with van der Waals surface area (Å²) >= 11 is 0. The molecule has 0 aliphatic carbocycles. The van der Waals surface area contributed by atoms with Crippen molar-refractivity contribution in [3.8, 4) is 23.0 Å². The van der Waals surface area contributed by atoms with Gasteiger partial charge < -0.3 is 14.6 Å². The third kappa shape index (κ3) is 4.50. The number of hydrogen-bond donors (Lipinski definition) is 1. The first-order chi connectivity index (χ1) is 14.2.